The Labute approximate surface area is 131 Å². The Bertz CT molecular complexity index is 651. The zero-order valence-corrected chi connectivity index (χ0v) is 13.0. The van der Waals surface area contributed by atoms with Crippen molar-refractivity contribution >= 4 is 16.7 Å². The van der Waals surface area contributed by atoms with Crippen LogP contribution < -0.4 is 0 Å². The van der Waals surface area contributed by atoms with Crippen LogP contribution in [-0.2, 0) is 19.9 Å². The van der Waals surface area contributed by atoms with Crippen LogP contribution in [0.5, 0.6) is 0 Å². The molecule has 0 spiro atoms. The van der Waals surface area contributed by atoms with Crippen LogP contribution in [0.1, 0.15) is 38.2 Å². The molecule has 1 atom stereocenters. The van der Waals surface area contributed by atoms with Crippen LogP contribution in [0.3, 0.4) is 0 Å². The lowest BCUT2D eigenvalue weighted by atomic mass is 9.83. The van der Waals surface area contributed by atoms with E-state index in [-0.39, 0.29) is 11.6 Å². The second kappa shape index (κ2) is 6.49. The summed E-state index contributed by atoms with van der Waals surface area (Å²) in [5.41, 5.74) is 0.848. The minimum atomic E-state index is -0.354. The van der Waals surface area contributed by atoms with Crippen molar-refractivity contribution in [1.82, 2.24) is 0 Å². The lowest BCUT2D eigenvalue weighted by Gasteiger charge is -2.30. The van der Waals surface area contributed by atoms with E-state index in [1.165, 1.54) is 16.3 Å². The van der Waals surface area contributed by atoms with Crippen LogP contribution in [0.15, 0.2) is 42.5 Å². The van der Waals surface area contributed by atoms with Crippen molar-refractivity contribution in [2.75, 3.05) is 13.2 Å². The fraction of sp³-hybridized carbons (Fsp3) is 0.421. The van der Waals surface area contributed by atoms with E-state index in [1.54, 1.807) is 0 Å². The maximum atomic E-state index is 11.8. The predicted octanol–water partition coefficient (Wildman–Crippen LogP) is 4.19. The van der Waals surface area contributed by atoms with E-state index in [0.29, 0.717) is 19.4 Å². The lowest BCUT2D eigenvalue weighted by Crippen LogP contribution is -2.26. The van der Waals surface area contributed by atoms with Gasteiger partial charge in [-0.15, -0.1) is 0 Å². The van der Waals surface area contributed by atoms with E-state index in [0.717, 1.165) is 19.4 Å². The Balaban J connectivity index is 1.94. The Morgan fingerprint density at radius 3 is 2.82 bits per heavy atom. The number of esters is 1. The molecule has 0 amide bonds. The quantitative estimate of drug-likeness (QED) is 0.776. The smallest absolute Gasteiger partial charge is 0.305 e. The molecule has 1 aliphatic rings. The first-order valence-electron chi connectivity index (χ1n) is 8.03. The number of hydrogen-bond donors (Lipinski definition) is 0. The highest BCUT2D eigenvalue weighted by molar-refractivity contribution is 5.86. The van der Waals surface area contributed by atoms with E-state index in [2.05, 4.69) is 36.4 Å². The van der Waals surface area contributed by atoms with Crippen LogP contribution in [0.4, 0.5) is 0 Å². The highest BCUT2D eigenvalue weighted by Crippen LogP contribution is 2.43. The maximum Gasteiger partial charge on any atom is 0.305 e. The molecule has 1 aliphatic heterocycles. The third-order valence-electron chi connectivity index (χ3n) is 4.42. The molecule has 2 aromatic rings. The predicted molar refractivity (Wildman–Crippen MR) is 86.7 cm³/mol. The largest absolute Gasteiger partial charge is 0.466 e. The summed E-state index contributed by atoms with van der Waals surface area (Å²) in [5, 5.41) is 2.43. The van der Waals surface area contributed by atoms with Gasteiger partial charge in [-0.25, -0.2) is 0 Å². The zero-order chi connectivity index (χ0) is 15.4. The SMILES string of the molecule is CCOC(=O)CCC1(c2cccc3ccccc23)CCCO1. The standard InChI is InChI=1S/C19H22O3/c1-2-21-18(20)11-13-19(12-6-14-22-19)17-10-5-8-15-7-3-4-9-16(15)17/h3-5,7-10H,2,6,11-14H2,1H3. The molecule has 0 bridgehead atoms. The van der Waals surface area contributed by atoms with Gasteiger partial charge in [0.25, 0.3) is 0 Å². The summed E-state index contributed by atoms with van der Waals surface area (Å²) in [6, 6.07) is 14.7. The summed E-state index contributed by atoms with van der Waals surface area (Å²) in [7, 11) is 0. The number of carbonyl (C=O) groups is 1. The molecular formula is C19H22O3. The molecule has 1 unspecified atom stereocenters. The van der Waals surface area contributed by atoms with Crippen molar-refractivity contribution in [1.29, 1.82) is 0 Å². The number of benzene rings is 2. The monoisotopic (exact) mass is 298 g/mol. The first-order chi connectivity index (χ1) is 10.7. The van der Waals surface area contributed by atoms with Gasteiger partial charge < -0.3 is 9.47 Å². The average molecular weight is 298 g/mol. The van der Waals surface area contributed by atoms with Gasteiger partial charge in [0.05, 0.1) is 12.2 Å². The van der Waals surface area contributed by atoms with Gasteiger partial charge in [-0.1, -0.05) is 42.5 Å². The van der Waals surface area contributed by atoms with Crippen LogP contribution >= 0.6 is 0 Å². The molecule has 0 aliphatic carbocycles. The third-order valence-corrected chi connectivity index (χ3v) is 4.42. The molecule has 2 aromatic carbocycles. The van der Waals surface area contributed by atoms with Crippen molar-refractivity contribution in [3.05, 3.63) is 48.0 Å². The molecule has 0 radical (unpaired) electrons. The Kier molecular flexibility index (Phi) is 4.44. The molecule has 3 rings (SSSR count). The van der Waals surface area contributed by atoms with Crippen LogP contribution in [0.25, 0.3) is 10.8 Å². The van der Waals surface area contributed by atoms with Crippen molar-refractivity contribution in [2.24, 2.45) is 0 Å². The van der Waals surface area contributed by atoms with Gasteiger partial charge in [-0.2, -0.15) is 0 Å². The molecule has 3 heteroatoms. The van der Waals surface area contributed by atoms with Crippen LogP contribution in [0, 0.1) is 0 Å². The zero-order valence-electron chi connectivity index (χ0n) is 13.0. The van der Waals surface area contributed by atoms with Crippen molar-refractivity contribution in [3.8, 4) is 0 Å². The molecule has 0 saturated carbocycles. The molecule has 1 saturated heterocycles. The first kappa shape index (κ1) is 15.0. The lowest BCUT2D eigenvalue weighted by molar-refractivity contribution is -0.144. The van der Waals surface area contributed by atoms with Crippen LogP contribution in [0.2, 0.25) is 0 Å². The molecule has 22 heavy (non-hydrogen) atoms. The molecular weight excluding hydrogens is 276 g/mol. The topological polar surface area (TPSA) is 35.5 Å². The van der Waals surface area contributed by atoms with Crippen LogP contribution in [-0.4, -0.2) is 19.2 Å². The Morgan fingerprint density at radius 2 is 2.05 bits per heavy atom. The minimum absolute atomic E-state index is 0.141. The summed E-state index contributed by atoms with van der Waals surface area (Å²) in [6.45, 7) is 3.03. The number of hydrogen-bond acceptors (Lipinski definition) is 3. The first-order valence-corrected chi connectivity index (χ1v) is 8.03. The highest BCUT2D eigenvalue weighted by atomic mass is 16.5. The Hall–Kier alpha value is -1.87. The van der Waals surface area contributed by atoms with Gasteiger partial charge in [-0.05, 0) is 42.5 Å². The molecule has 116 valence electrons. The number of fused-ring (bicyclic) bond motifs is 1. The molecule has 1 fully saturated rings. The summed E-state index contributed by atoms with van der Waals surface area (Å²) in [5.74, 6) is -0.141. The Morgan fingerprint density at radius 1 is 1.23 bits per heavy atom. The summed E-state index contributed by atoms with van der Waals surface area (Å²) < 4.78 is 11.2. The summed E-state index contributed by atoms with van der Waals surface area (Å²) >= 11 is 0. The summed E-state index contributed by atoms with van der Waals surface area (Å²) in [6.07, 6.45) is 3.07. The number of rotatable bonds is 5. The molecule has 0 aromatic heterocycles. The van der Waals surface area contributed by atoms with E-state index < -0.39 is 0 Å². The van der Waals surface area contributed by atoms with Gasteiger partial charge in [0.1, 0.15) is 0 Å². The van der Waals surface area contributed by atoms with Gasteiger partial charge in [0.15, 0.2) is 0 Å². The van der Waals surface area contributed by atoms with Gasteiger partial charge in [0.2, 0.25) is 0 Å². The second-order valence-electron chi connectivity index (χ2n) is 5.78. The van der Waals surface area contributed by atoms with E-state index in [4.69, 9.17) is 9.47 Å². The number of ether oxygens (including phenoxy) is 2. The van der Waals surface area contributed by atoms with E-state index in [9.17, 15) is 4.79 Å². The van der Waals surface area contributed by atoms with Crippen molar-refractivity contribution in [3.63, 3.8) is 0 Å². The second-order valence-corrected chi connectivity index (χ2v) is 5.78. The van der Waals surface area contributed by atoms with Gasteiger partial charge >= 0.3 is 5.97 Å². The van der Waals surface area contributed by atoms with Gasteiger partial charge in [-0.3, -0.25) is 4.79 Å². The fourth-order valence-corrected chi connectivity index (χ4v) is 3.40. The third kappa shape index (κ3) is 2.86. The highest BCUT2D eigenvalue weighted by Gasteiger charge is 2.38. The van der Waals surface area contributed by atoms with Gasteiger partial charge in [0, 0.05) is 13.0 Å². The average Bonchev–Trinajstić information content (AvgIpc) is 3.03. The minimum Gasteiger partial charge on any atom is -0.466 e. The van der Waals surface area contributed by atoms with E-state index in [1.807, 2.05) is 13.0 Å². The molecule has 3 nitrogen and oxygen atoms in total. The van der Waals surface area contributed by atoms with Crippen molar-refractivity contribution in [2.45, 2.75) is 38.2 Å². The maximum absolute atomic E-state index is 11.8. The normalized spacial score (nSPS) is 21.1. The molecule has 1 heterocycles. The van der Waals surface area contributed by atoms with E-state index >= 15 is 0 Å². The van der Waals surface area contributed by atoms with Crippen molar-refractivity contribution < 1.29 is 14.3 Å². The fourth-order valence-electron chi connectivity index (χ4n) is 3.40. The number of carbonyl (C=O) groups excluding carboxylic acids is 1. The summed E-state index contributed by atoms with van der Waals surface area (Å²) in [4.78, 5) is 11.8. The molecule has 0 N–H and O–H groups in total.